The van der Waals surface area contributed by atoms with Crippen LogP contribution in [-0.4, -0.2) is 47.1 Å². The Kier molecular flexibility index (Phi) is 7.51. The SMILES string of the molecule is CCOCc1cnc(C)nc1C1CCCN(C(=O)COCc2ccccc2)C1. The molecule has 150 valence electrons. The minimum absolute atomic E-state index is 0.0396. The van der Waals surface area contributed by atoms with Crippen LogP contribution in [0.5, 0.6) is 0 Å². The standard InChI is InChI=1S/C22H29N3O3/c1-3-27-15-20-12-23-17(2)24-22(20)19-10-7-11-25(13-19)21(26)16-28-14-18-8-5-4-6-9-18/h4-6,8-9,12,19H,3,7,10-11,13-16H2,1-2H3. The highest BCUT2D eigenvalue weighted by atomic mass is 16.5. The number of carbonyl (C=O) groups is 1. The van der Waals surface area contributed by atoms with E-state index in [4.69, 9.17) is 9.47 Å². The fourth-order valence-electron chi connectivity index (χ4n) is 3.54. The molecule has 1 saturated heterocycles. The highest BCUT2D eigenvalue weighted by Crippen LogP contribution is 2.28. The fraction of sp³-hybridized carbons (Fsp3) is 0.500. The van der Waals surface area contributed by atoms with Crippen molar-refractivity contribution >= 4 is 5.91 Å². The number of hydrogen-bond donors (Lipinski definition) is 0. The van der Waals surface area contributed by atoms with Crippen LogP contribution in [-0.2, 0) is 27.5 Å². The number of piperidine rings is 1. The molecule has 1 amide bonds. The van der Waals surface area contributed by atoms with E-state index in [0.29, 0.717) is 26.4 Å². The van der Waals surface area contributed by atoms with Gasteiger partial charge in [0, 0.05) is 37.4 Å². The molecule has 1 unspecified atom stereocenters. The molecular weight excluding hydrogens is 354 g/mol. The average Bonchev–Trinajstić information content (AvgIpc) is 2.73. The van der Waals surface area contributed by atoms with Gasteiger partial charge >= 0.3 is 0 Å². The van der Waals surface area contributed by atoms with E-state index in [9.17, 15) is 4.79 Å². The Balaban J connectivity index is 1.59. The molecule has 28 heavy (non-hydrogen) atoms. The zero-order chi connectivity index (χ0) is 19.8. The third kappa shape index (κ3) is 5.59. The number of carbonyl (C=O) groups excluding carboxylic acids is 1. The van der Waals surface area contributed by atoms with Gasteiger partial charge < -0.3 is 14.4 Å². The minimum Gasteiger partial charge on any atom is -0.377 e. The number of aromatic nitrogens is 2. The van der Waals surface area contributed by atoms with Crippen LogP contribution < -0.4 is 0 Å². The summed E-state index contributed by atoms with van der Waals surface area (Å²) >= 11 is 0. The quantitative estimate of drug-likeness (QED) is 0.700. The lowest BCUT2D eigenvalue weighted by atomic mass is 9.92. The molecule has 0 aliphatic carbocycles. The first-order valence-electron chi connectivity index (χ1n) is 9.97. The molecular formula is C22H29N3O3. The molecule has 0 spiro atoms. The van der Waals surface area contributed by atoms with Gasteiger partial charge in [-0.1, -0.05) is 30.3 Å². The van der Waals surface area contributed by atoms with Crippen molar-refractivity contribution in [2.75, 3.05) is 26.3 Å². The van der Waals surface area contributed by atoms with Gasteiger partial charge in [0.25, 0.3) is 0 Å². The van der Waals surface area contributed by atoms with Crippen LogP contribution in [0.1, 0.15) is 48.3 Å². The molecule has 6 nitrogen and oxygen atoms in total. The van der Waals surface area contributed by atoms with Gasteiger partial charge in [-0.05, 0) is 32.3 Å². The van der Waals surface area contributed by atoms with Gasteiger partial charge in [0.05, 0.1) is 18.9 Å². The molecule has 0 bridgehead atoms. The van der Waals surface area contributed by atoms with Gasteiger partial charge in [-0.25, -0.2) is 9.97 Å². The number of amides is 1. The predicted octanol–water partition coefficient (Wildman–Crippen LogP) is 3.24. The van der Waals surface area contributed by atoms with Crippen LogP contribution >= 0.6 is 0 Å². The monoisotopic (exact) mass is 383 g/mol. The lowest BCUT2D eigenvalue weighted by Crippen LogP contribution is -2.41. The molecule has 3 rings (SSSR count). The molecule has 0 N–H and O–H groups in total. The molecule has 1 aromatic heterocycles. The number of hydrogen-bond acceptors (Lipinski definition) is 5. The van der Waals surface area contributed by atoms with Crippen molar-refractivity contribution in [3.8, 4) is 0 Å². The molecule has 0 radical (unpaired) electrons. The Morgan fingerprint density at radius 3 is 2.82 bits per heavy atom. The maximum atomic E-state index is 12.6. The number of benzene rings is 1. The first-order chi connectivity index (χ1) is 13.7. The van der Waals surface area contributed by atoms with Crippen LogP contribution in [0.15, 0.2) is 36.5 Å². The molecule has 1 aliphatic heterocycles. The van der Waals surface area contributed by atoms with E-state index < -0.39 is 0 Å². The molecule has 6 heteroatoms. The Morgan fingerprint density at radius 1 is 1.21 bits per heavy atom. The van der Waals surface area contributed by atoms with Crippen molar-refractivity contribution in [1.29, 1.82) is 0 Å². The van der Waals surface area contributed by atoms with Gasteiger partial charge in [0.2, 0.25) is 5.91 Å². The van der Waals surface area contributed by atoms with E-state index >= 15 is 0 Å². The summed E-state index contributed by atoms with van der Waals surface area (Å²) in [6.45, 7) is 7.04. The van der Waals surface area contributed by atoms with Gasteiger partial charge in [-0.3, -0.25) is 4.79 Å². The third-order valence-corrected chi connectivity index (χ3v) is 4.98. The van der Waals surface area contributed by atoms with Crippen molar-refractivity contribution in [3.05, 3.63) is 59.2 Å². The second-order valence-electron chi connectivity index (χ2n) is 7.12. The van der Waals surface area contributed by atoms with Gasteiger partial charge in [-0.2, -0.15) is 0 Å². The van der Waals surface area contributed by atoms with Crippen LogP contribution in [0.4, 0.5) is 0 Å². The first-order valence-corrected chi connectivity index (χ1v) is 9.97. The van der Waals surface area contributed by atoms with Crippen molar-refractivity contribution in [3.63, 3.8) is 0 Å². The summed E-state index contributed by atoms with van der Waals surface area (Å²) in [4.78, 5) is 23.5. The summed E-state index contributed by atoms with van der Waals surface area (Å²) in [5.74, 6) is 1.01. The summed E-state index contributed by atoms with van der Waals surface area (Å²) in [7, 11) is 0. The van der Waals surface area contributed by atoms with E-state index in [1.807, 2.05) is 55.3 Å². The van der Waals surface area contributed by atoms with Gasteiger partial charge in [0.15, 0.2) is 0 Å². The first kappa shape index (κ1) is 20.4. The topological polar surface area (TPSA) is 64.6 Å². The van der Waals surface area contributed by atoms with E-state index in [2.05, 4.69) is 9.97 Å². The van der Waals surface area contributed by atoms with Crippen LogP contribution in [0.25, 0.3) is 0 Å². The van der Waals surface area contributed by atoms with E-state index in [-0.39, 0.29) is 18.4 Å². The minimum atomic E-state index is 0.0396. The van der Waals surface area contributed by atoms with Gasteiger partial charge in [0.1, 0.15) is 12.4 Å². The highest BCUT2D eigenvalue weighted by Gasteiger charge is 2.27. The van der Waals surface area contributed by atoms with Gasteiger partial charge in [-0.15, -0.1) is 0 Å². The normalized spacial score (nSPS) is 16.9. The summed E-state index contributed by atoms with van der Waals surface area (Å²) < 4.78 is 11.2. The Hall–Kier alpha value is -2.31. The summed E-state index contributed by atoms with van der Waals surface area (Å²) in [6, 6.07) is 9.91. The third-order valence-electron chi connectivity index (χ3n) is 4.98. The highest BCUT2D eigenvalue weighted by molar-refractivity contribution is 5.77. The second-order valence-corrected chi connectivity index (χ2v) is 7.12. The molecule has 0 saturated carbocycles. The molecule has 1 aromatic carbocycles. The Labute approximate surface area is 166 Å². The number of likely N-dealkylation sites (tertiary alicyclic amines) is 1. The predicted molar refractivity (Wildman–Crippen MR) is 107 cm³/mol. The molecule has 2 heterocycles. The van der Waals surface area contributed by atoms with Crippen LogP contribution in [0.3, 0.4) is 0 Å². The van der Waals surface area contributed by atoms with Crippen molar-refractivity contribution in [2.45, 2.75) is 45.8 Å². The maximum Gasteiger partial charge on any atom is 0.248 e. The summed E-state index contributed by atoms with van der Waals surface area (Å²) in [6.07, 6.45) is 3.84. The van der Waals surface area contributed by atoms with E-state index in [1.54, 1.807) is 0 Å². The maximum absolute atomic E-state index is 12.6. The zero-order valence-electron chi connectivity index (χ0n) is 16.8. The zero-order valence-corrected chi connectivity index (χ0v) is 16.8. The van der Waals surface area contributed by atoms with E-state index in [1.165, 1.54) is 0 Å². The lowest BCUT2D eigenvalue weighted by molar-refractivity contribution is -0.137. The second kappa shape index (κ2) is 10.3. The number of rotatable bonds is 8. The molecule has 1 aliphatic rings. The summed E-state index contributed by atoms with van der Waals surface area (Å²) in [5.41, 5.74) is 3.11. The number of ether oxygens (including phenoxy) is 2. The Morgan fingerprint density at radius 2 is 2.04 bits per heavy atom. The largest absolute Gasteiger partial charge is 0.377 e. The van der Waals surface area contributed by atoms with Crippen molar-refractivity contribution in [2.24, 2.45) is 0 Å². The smallest absolute Gasteiger partial charge is 0.248 e. The summed E-state index contributed by atoms with van der Waals surface area (Å²) in [5, 5.41) is 0. The number of nitrogens with zero attached hydrogens (tertiary/aromatic N) is 3. The van der Waals surface area contributed by atoms with Crippen LogP contribution in [0, 0.1) is 6.92 Å². The number of aryl methyl sites for hydroxylation is 1. The van der Waals surface area contributed by atoms with Crippen LogP contribution in [0.2, 0.25) is 0 Å². The lowest BCUT2D eigenvalue weighted by Gasteiger charge is -2.33. The molecule has 2 aromatic rings. The van der Waals surface area contributed by atoms with Crippen molar-refractivity contribution in [1.82, 2.24) is 14.9 Å². The van der Waals surface area contributed by atoms with E-state index in [0.717, 1.165) is 42.0 Å². The fourth-order valence-corrected chi connectivity index (χ4v) is 3.54. The molecule has 1 fully saturated rings. The average molecular weight is 383 g/mol. The molecule has 1 atom stereocenters. The Bertz CT molecular complexity index is 767. The van der Waals surface area contributed by atoms with Crippen molar-refractivity contribution < 1.29 is 14.3 Å².